The summed E-state index contributed by atoms with van der Waals surface area (Å²) in [6.07, 6.45) is 1.72. The van der Waals surface area contributed by atoms with E-state index < -0.39 is 0 Å². The Hall–Kier alpha value is -1.86. The van der Waals surface area contributed by atoms with Gasteiger partial charge in [-0.2, -0.15) is 5.26 Å². The summed E-state index contributed by atoms with van der Waals surface area (Å²) in [7, 11) is 0. The molecule has 0 aliphatic carbocycles. The molecule has 1 aromatic heterocycles. The van der Waals surface area contributed by atoms with Crippen LogP contribution in [-0.2, 0) is 0 Å². The summed E-state index contributed by atoms with van der Waals surface area (Å²) in [6.45, 7) is 0. The fourth-order valence-corrected chi connectivity index (χ4v) is 1.60. The van der Waals surface area contributed by atoms with Crippen molar-refractivity contribution in [1.29, 1.82) is 5.26 Å². The average molecular weight is 274 g/mol. The smallest absolute Gasteiger partial charge is 0.144 e. The van der Waals surface area contributed by atoms with Crippen molar-refractivity contribution in [3.8, 4) is 6.07 Å². The number of pyridine rings is 1. The van der Waals surface area contributed by atoms with Gasteiger partial charge in [-0.15, -0.1) is 0 Å². The lowest BCUT2D eigenvalue weighted by molar-refractivity contribution is 1.29. The number of hydrogen-bond donors (Lipinski definition) is 1. The van der Waals surface area contributed by atoms with Crippen LogP contribution in [0.5, 0.6) is 0 Å². The predicted octanol–water partition coefficient (Wildman–Crippen LogP) is 3.46. The molecule has 4 heteroatoms. The molecule has 1 aromatic carbocycles. The Morgan fingerprint density at radius 3 is 2.56 bits per heavy atom. The number of nitriles is 1. The van der Waals surface area contributed by atoms with Gasteiger partial charge in [0, 0.05) is 11.9 Å². The second-order valence-electron chi connectivity index (χ2n) is 3.15. The number of anilines is 2. The maximum absolute atomic E-state index is 8.67. The van der Waals surface area contributed by atoms with Crippen molar-refractivity contribution < 1.29 is 0 Å². The molecule has 0 bridgehead atoms. The normalized spacial score (nSPS) is 9.50. The molecule has 2 rings (SSSR count). The number of hydrogen-bond acceptors (Lipinski definition) is 3. The zero-order chi connectivity index (χ0) is 11.4. The number of halogens is 1. The standard InChI is InChI=1S/C12H8BrN3/c13-11-2-1-7-15-12(11)16-10-5-3-9(8-14)4-6-10/h1-7H,(H,15,16). The van der Waals surface area contributed by atoms with Gasteiger partial charge in [0.1, 0.15) is 5.82 Å². The molecule has 1 N–H and O–H groups in total. The van der Waals surface area contributed by atoms with Gasteiger partial charge in [-0.05, 0) is 52.3 Å². The molecule has 0 atom stereocenters. The molecule has 16 heavy (non-hydrogen) atoms. The van der Waals surface area contributed by atoms with E-state index in [4.69, 9.17) is 5.26 Å². The van der Waals surface area contributed by atoms with Crippen LogP contribution in [0.1, 0.15) is 5.56 Å². The summed E-state index contributed by atoms with van der Waals surface area (Å²) in [5.74, 6) is 0.757. The van der Waals surface area contributed by atoms with Gasteiger partial charge in [0.25, 0.3) is 0 Å². The van der Waals surface area contributed by atoms with Crippen LogP contribution in [0.4, 0.5) is 11.5 Å². The number of nitrogens with one attached hydrogen (secondary N) is 1. The minimum absolute atomic E-state index is 0.644. The number of aromatic nitrogens is 1. The molecule has 0 fully saturated rings. The summed E-state index contributed by atoms with van der Waals surface area (Å²) in [5, 5.41) is 11.8. The van der Waals surface area contributed by atoms with Crippen molar-refractivity contribution >= 4 is 27.4 Å². The first kappa shape index (κ1) is 10.7. The highest BCUT2D eigenvalue weighted by molar-refractivity contribution is 9.10. The van der Waals surface area contributed by atoms with E-state index in [-0.39, 0.29) is 0 Å². The van der Waals surface area contributed by atoms with Gasteiger partial charge < -0.3 is 5.32 Å². The van der Waals surface area contributed by atoms with Crippen LogP contribution in [0.3, 0.4) is 0 Å². The third kappa shape index (κ3) is 2.38. The second kappa shape index (κ2) is 4.77. The van der Waals surface area contributed by atoms with Crippen molar-refractivity contribution in [2.45, 2.75) is 0 Å². The third-order valence-corrected chi connectivity index (χ3v) is 2.68. The summed E-state index contributed by atoms with van der Waals surface area (Å²) >= 11 is 3.40. The molecule has 78 valence electrons. The van der Waals surface area contributed by atoms with Crippen molar-refractivity contribution in [2.75, 3.05) is 5.32 Å². The van der Waals surface area contributed by atoms with Crippen molar-refractivity contribution in [3.05, 3.63) is 52.6 Å². The first-order valence-corrected chi connectivity index (χ1v) is 5.46. The summed E-state index contributed by atoms with van der Waals surface area (Å²) in [6, 6.07) is 13.1. The van der Waals surface area contributed by atoms with Crippen LogP contribution in [0.2, 0.25) is 0 Å². The highest BCUT2D eigenvalue weighted by Crippen LogP contribution is 2.22. The summed E-state index contributed by atoms with van der Waals surface area (Å²) in [4.78, 5) is 4.19. The van der Waals surface area contributed by atoms with Crippen LogP contribution in [0, 0.1) is 11.3 Å². The van der Waals surface area contributed by atoms with E-state index in [0.29, 0.717) is 5.56 Å². The van der Waals surface area contributed by atoms with Gasteiger partial charge in [-0.25, -0.2) is 4.98 Å². The molecule has 0 aliphatic rings. The Morgan fingerprint density at radius 2 is 1.94 bits per heavy atom. The van der Waals surface area contributed by atoms with Gasteiger partial charge in [-0.3, -0.25) is 0 Å². The maximum atomic E-state index is 8.67. The van der Waals surface area contributed by atoms with Gasteiger partial charge >= 0.3 is 0 Å². The van der Waals surface area contributed by atoms with Crippen molar-refractivity contribution in [1.82, 2.24) is 4.98 Å². The Balaban J connectivity index is 2.22. The van der Waals surface area contributed by atoms with Crippen LogP contribution in [0.15, 0.2) is 47.1 Å². The lowest BCUT2D eigenvalue weighted by atomic mass is 10.2. The Bertz CT molecular complexity index is 529. The van der Waals surface area contributed by atoms with E-state index in [1.807, 2.05) is 24.3 Å². The van der Waals surface area contributed by atoms with Crippen molar-refractivity contribution in [3.63, 3.8) is 0 Å². The Labute approximate surface area is 102 Å². The molecule has 0 spiro atoms. The van der Waals surface area contributed by atoms with E-state index in [1.54, 1.807) is 18.3 Å². The van der Waals surface area contributed by atoms with Crippen LogP contribution in [0.25, 0.3) is 0 Å². The fourth-order valence-electron chi connectivity index (χ4n) is 1.24. The number of nitrogens with zero attached hydrogens (tertiary/aromatic N) is 2. The summed E-state index contributed by atoms with van der Waals surface area (Å²) in [5.41, 5.74) is 1.55. The quantitative estimate of drug-likeness (QED) is 0.912. The molecule has 1 heterocycles. The minimum Gasteiger partial charge on any atom is -0.339 e. The molecule has 0 aliphatic heterocycles. The Kier molecular flexibility index (Phi) is 3.18. The molecule has 0 unspecified atom stereocenters. The second-order valence-corrected chi connectivity index (χ2v) is 4.00. The molecule has 0 saturated carbocycles. The lowest BCUT2D eigenvalue weighted by Gasteiger charge is -2.06. The molecule has 2 aromatic rings. The van der Waals surface area contributed by atoms with Crippen molar-refractivity contribution in [2.24, 2.45) is 0 Å². The minimum atomic E-state index is 0.644. The van der Waals surface area contributed by atoms with Crippen LogP contribution in [-0.4, -0.2) is 4.98 Å². The molecule has 0 saturated heterocycles. The molecular formula is C12H8BrN3. The van der Waals surface area contributed by atoms with Gasteiger partial charge in [0.15, 0.2) is 0 Å². The van der Waals surface area contributed by atoms with E-state index >= 15 is 0 Å². The van der Waals surface area contributed by atoms with E-state index in [2.05, 4.69) is 32.3 Å². The highest BCUT2D eigenvalue weighted by Gasteiger charge is 2.00. The van der Waals surface area contributed by atoms with Crippen LogP contribution < -0.4 is 5.32 Å². The van der Waals surface area contributed by atoms with Gasteiger partial charge in [0.2, 0.25) is 0 Å². The van der Waals surface area contributed by atoms with E-state index in [9.17, 15) is 0 Å². The predicted molar refractivity (Wildman–Crippen MR) is 66.4 cm³/mol. The largest absolute Gasteiger partial charge is 0.339 e. The number of benzene rings is 1. The highest BCUT2D eigenvalue weighted by atomic mass is 79.9. The molecule has 0 amide bonds. The van der Waals surface area contributed by atoms with E-state index in [0.717, 1.165) is 16.0 Å². The van der Waals surface area contributed by atoms with E-state index in [1.165, 1.54) is 0 Å². The first-order valence-electron chi connectivity index (χ1n) is 4.67. The SMILES string of the molecule is N#Cc1ccc(Nc2ncccc2Br)cc1. The summed E-state index contributed by atoms with van der Waals surface area (Å²) < 4.78 is 0.902. The average Bonchev–Trinajstić information content (AvgIpc) is 2.33. The first-order chi connectivity index (χ1) is 7.79. The van der Waals surface area contributed by atoms with Crippen LogP contribution >= 0.6 is 15.9 Å². The molecule has 3 nitrogen and oxygen atoms in total. The van der Waals surface area contributed by atoms with Gasteiger partial charge in [-0.1, -0.05) is 0 Å². The zero-order valence-electron chi connectivity index (χ0n) is 8.31. The fraction of sp³-hybridized carbons (Fsp3) is 0. The zero-order valence-corrected chi connectivity index (χ0v) is 9.90. The Morgan fingerprint density at radius 1 is 1.19 bits per heavy atom. The monoisotopic (exact) mass is 273 g/mol. The maximum Gasteiger partial charge on any atom is 0.144 e. The topological polar surface area (TPSA) is 48.7 Å². The third-order valence-electron chi connectivity index (χ3n) is 2.04. The van der Waals surface area contributed by atoms with Gasteiger partial charge in [0.05, 0.1) is 16.1 Å². The number of rotatable bonds is 2. The molecular weight excluding hydrogens is 266 g/mol. The molecule has 0 radical (unpaired) electrons. The lowest BCUT2D eigenvalue weighted by Crippen LogP contribution is -1.93.